The molecule has 7 rings (SSSR count). The summed E-state index contributed by atoms with van der Waals surface area (Å²) >= 11 is 0. The number of hydrogen-bond donors (Lipinski definition) is 3. The quantitative estimate of drug-likeness (QED) is 0.200. The van der Waals surface area contributed by atoms with E-state index in [0.29, 0.717) is 5.56 Å². The van der Waals surface area contributed by atoms with Crippen molar-refractivity contribution in [3.63, 3.8) is 0 Å². The zero-order chi connectivity index (χ0) is 48.0. The number of rotatable bonds is 7. The van der Waals surface area contributed by atoms with Crippen LogP contribution in [0.3, 0.4) is 0 Å². The Labute approximate surface area is 377 Å². The van der Waals surface area contributed by atoms with E-state index in [0.717, 1.165) is 13.8 Å². The zero-order valence-corrected chi connectivity index (χ0v) is 38.5. The summed E-state index contributed by atoms with van der Waals surface area (Å²) in [6.45, 7) is 15.9. The van der Waals surface area contributed by atoms with Gasteiger partial charge in [0.05, 0.1) is 29.6 Å². The van der Waals surface area contributed by atoms with Crippen LogP contribution in [0.1, 0.15) is 105 Å². The monoisotopic (exact) mass is 905 g/mol. The Morgan fingerprint density at radius 2 is 1.45 bits per heavy atom. The second-order valence-electron chi connectivity index (χ2n) is 20.0. The molecule has 352 valence electrons. The van der Waals surface area contributed by atoms with Crippen molar-refractivity contribution < 1.29 is 77.2 Å². The van der Waals surface area contributed by atoms with Crippen molar-refractivity contribution in [1.29, 1.82) is 0 Å². The minimum absolute atomic E-state index is 0.0364. The van der Waals surface area contributed by atoms with Crippen molar-refractivity contribution in [2.45, 2.75) is 154 Å². The average Bonchev–Trinajstić information content (AvgIpc) is 3.50. The number of carbonyl (C=O) groups excluding carboxylic acids is 6. The van der Waals surface area contributed by atoms with E-state index in [4.69, 9.17) is 33.2 Å². The highest BCUT2D eigenvalue weighted by molar-refractivity contribution is 5.96. The minimum atomic E-state index is -2.45. The number of carbonyl (C=O) groups is 6. The van der Waals surface area contributed by atoms with Gasteiger partial charge < -0.3 is 48.5 Å². The summed E-state index contributed by atoms with van der Waals surface area (Å²) < 4.78 is 42.6. The Balaban J connectivity index is 1.43. The zero-order valence-electron chi connectivity index (χ0n) is 38.5. The molecule has 2 saturated carbocycles. The number of nitrogens with zero attached hydrogens (tertiary/aromatic N) is 1. The van der Waals surface area contributed by atoms with Crippen LogP contribution in [0, 0.1) is 16.7 Å². The molecule has 4 fully saturated rings. The first kappa shape index (κ1) is 47.8. The minimum Gasteiger partial charge on any atom is -0.456 e. The van der Waals surface area contributed by atoms with Crippen LogP contribution in [0.15, 0.2) is 71.8 Å². The van der Waals surface area contributed by atoms with Crippen LogP contribution in [-0.4, -0.2) is 128 Å². The molecule has 2 aromatic rings. The standard InChI is InChI=1S/C48H59NO16/c1-24-29(61-41(56)34-31(27-18-14-12-15-19-27)49(45(9,10)64-34)42(57)65-43(4,5)6)22-48(58)39(62-40(55)28-20-16-13-17-21-28)35-46(11,37(54)33(60-25(2)50)30(24)44(48,7)8)36(53)32(52)38-47(35,23-59-38)63-26(3)51/h12-21,29,31-36,38-39,52-53,58H,22-23H2,1-11H3/t29-,31?,32-,33+,34?,35?,36-,38+,39-,46-,47+,48+/m0/s1. The molecule has 17 heteroatoms. The highest BCUT2D eigenvalue weighted by atomic mass is 16.6. The fourth-order valence-corrected chi connectivity index (χ4v) is 11.0. The summed E-state index contributed by atoms with van der Waals surface area (Å²) in [6.07, 6.45) is -13.5. The Hall–Kier alpha value is -5.20. The Bertz CT molecular complexity index is 2290. The van der Waals surface area contributed by atoms with Gasteiger partial charge in [0.2, 0.25) is 0 Å². The van der Waals surface area contributed by atoms with Crippen molar-refractivity contribution in [2.24, 2.45) is 16.7 Å². The van der Waals surface area contributed by atoms with Crippen molar-refractivity contribution in [2.75, 3.05) is 6.61 Å². The molecule has 2 aromatic carbocycles. The van der Waals surface area contributed by atoms with Crippen molar-refractivity contribution in [3.05, 3.63) is 82.9 Å². The summed E-state index contributed by atoms with van der Waals surface area (Å²) in [6, 6.07) is 15.3. The molecule has 2 heterocycles. The maximum Gasteiger partial charge on any atom is 0.413 e. The number of esters is 4. The first-order valence-electron chi connectivity index (χ1n) is 21.7. The number of aliphatic hydroxyl groups is 3. The van der Waals surface area contributed by atoms with Gasteiger partial charge in [-0.25, -0.2) is 14.4 Å². The van der Waals surface area contributed by atoms with Crippen LogP contribution >= 0.6 is 0 Å². The number of Topliss-reactive ketones (excluding diaryl/α,β-unsaturated/α-hetero) is 1. The molecule has 2 saturated heterocycles. The van der Waals surface area contributed by atoms with Gasteiger partial charge in [-0.15, -0.1) is 0 Å². The lowest BCUT2D eigenvalue weighted by Gasteiger charge is -2.68. The predicted molar refractivity (Wildman–Crippen MR) is 226 cm³/mol. The van der Waals surface area contributed by atoms with Crippen LogP contribution in [0.25, 0.3) is 0 Å². The highest BCUT2D eigenvalue weighted by Crippen LogP contribution is 2.64. The van der Waals surface area contributed by atoms with Crippen molar-refractivity contribution >= 4 is 35.8 Å². The molecule has 0 radical (unpaired) electrons. The van der Waals surface area contributed by atoms with E-state index >= 15 is 4.79 Å². The SMILES string of the molecule is CC(=O)O[C@H]1C(=O)[C@@]2(C)C([C@H](OC(=O)c3ccccc3)[C@]3(O)C[C@H](OC(=O)C4OC(C)(C)N(C(=O)OC(C)(C)C)C4c4ccccc4)C(C)=C1C3(C)C)[C@]1(OC(C)=O)CO[C@@H]1[C@@H](O)[C@@H]2O. The van der Waals surface area contributed by atoms with Crippen LogP contribution in [0.5, 0.6) is 0 Å². The largest absolute Gasteiger partial charge is 0.456 e. The van der Waals surface area contributed by atoms with Gasteiger partial charge in [0, 0.05) is 25.7 Å². The lowest BCUT2D eigenvalue weighted by molar-refractivity contribution is -0.369. The maximum atomic E-state index is 15.6. The Morgan fingerprint density at radius 3 is 1.98 bits per heavy atom. The molecule has 0 spiro atoms. The summed E-state index contributed by atoms with van der Waals surface area (Å²) in [5.41, 5.74) is -10.2. The topological polar surface area (TPSA) is 231 Å². The third kappa shape index (κ3) is 7.62. The van der Waals surface area contributed by atoms with Gasteiger partial charge >= 0.3 is 30.0 Å². The van der Waals surface area contributed by atoms with Gasteiger partial charge in [-0.2, -0.15) is 0 Å². The highest BCUT2D eigenvalue weighted by Gasteiger charge is 2.80. The molecule has 65 heavy (non-hydrogen) atoms. The number of ketones is 1. The fraction of sp³-hybridized carbons (Fsp3) is 0.583. The molecule has 3 unspecified atom stereocenters. The lowest BCUT2D eigenvalue weighted by atomic mass is 9.44. The van der Waals surface area contributed by atoms with E-state index in [-0.39, 0.29) is 16.7 Å². The molecule has 1 amide bonds. The van der Waals surface area contributed by atoms with Gasteiger partial charge in [-0.1, -0.05) is 62.4 Å². The molecule has 3 N–H and O–H groups in total. The first-order chi connectivity index (χ1) is 30.1. The van der Waals surface area contributed by atoms with Gasteiger partial charge in [0.15, 0.2) is 23.6 Å². The Kier molecular flexibility index (Phi) is 12.0. The molecule has 17 nitrogen and oxygen atoms in total. The maximum absolute atomic E-state index is 15.6. The van der Waals surface area contributed by atoms with Gasteiger partial charge in [0.1, 0.15) is 47.4 Å². The van der Waals surface area contributed by atoms with E-state index in [2.05, 4.69) is 0 Å². The number of fused-ring (bicyclic) bond motifs is 5. The molecule has 2 aliphatic heterocycles. The fourth-order valence-electron chi connectivity index (χ4n) is 11.0. The summed E-state index contributed by atoms with van der Waals surface area (Å²) in [7, 11) is 0. The number of benzene rings is 2. The van der Waals surface area contributed by atoms with Crippen LogP contribution in [-0.2, 0) is 52.3 Å². The molecule has 5 aliphatic rings. The third-order valence-electron chi connectivity index (χ3n) is 14.0. The molecule has 0 aromatic heterocycles. The van der Waals surface area contributed by atoms with Crippen LogP contribution in [0.2, 0.25) is 0 Å². The smallest absolute Gasteiger partial charge is 0.413 e. The normalized spacial score (nSPS) is 35.8. The molecular formula is C48H59NO16. The van der Waals surface area contributed by atoms with E-state index in [9.17, 15) is 39.3 Å². The first-order valence-corrected chi connectivity index (χ1v) is 21.7. The summed E-state index contributed by atoms with van der Waals surface area (Å²) in [5, 5.41) is 37.6. The van der Waals surface area contributed by atoms with Crippen LogP contribution < -0.4 is 0 Å². The van der Waals surface area contributed by atoms with Gasteiger partial charge in [0.25, 0.3) is 0 Å². The molecule has 3 aliphatic carbocycles. The number of amides is 1. The molecule has 12 atom stereocenters. The molecule has 2 bridgehead atoms. The third-order valence-corrected chi connectivity index (χ3v) is 14.0. The van der Waals surface area contributed by atoms with E-state index < -0.39 is 137 Å². The van der Waals surface area contributed by atoms with E-state index in [1.54, 1.807) is 97.0 Å². The Morgan fingerprint density at radius 1 is 0.846 bits per heavy atom. The second kappa shape index (κ2) is 16.3. The van der Waals surface area contributed by atoms with Crippen LogP contribution in [0.4, 0.5) is 4.79 Å². The van der Waals surface area contributed by atoms with Crippen molar-refractivity contribution in [3.8, 4) is 0 Å². The number of hydrogen-bond acceptors (Lipinski definition) is 16. The van der Waals surface area contributed by atoms with E-state index in [1.807, 2.05) is 0 Å². The van der Waals surface area contributed by atoms with E-state index in [1.165, 1.54) is 30.9 Å². The number of ether oxygens (including phenoxy) is 7. The summed E-state index contributed by atoms with van der Waals surface area (Å²) in [5.74, 6) is -6.48. The lowest BCUT2D eigenvalue weighted by Crippen LogP contribution is -2.85. The summed E-state index contributed by atoms with van der Waals surface area (Å²) in [4.78, 5) is 86.4. The van der Waals surface area contributed by atoms with Crippen molar-refractivity contribution in [1.82, 2.24) is 4.90 Å². The molecular weight excluding hydrogens is 847 g/mol. The second-order valence-corrected chi connectivity index (χ2v) is 20.0. The predicted octanol–water partition coefficient (Wildman–Crippen LogP) is 4.29. The average molecular weight is 906 g/mol. The van der Waals surface area contributed by atoms with Gasteiger partial charge in [-0.3, -0.25) is 19.3 Å². The van der Waals surface area contributed by atoms with Gasteiger partial charge in [-0.05, 0) is 77.3 Å². The number of aliphatic hydroxyl groups excluding tert-OH is 2.